The zero-order chi connectivity index (χ0) is 23.6. The van der Waals surface area contributed by atoms with E-state index in [2.05, 4.69) is 10.2 Å². The van der Waals surface area contributed by atoms with Crippen molar-refractivity contribution < 1.29 is 27.1 Å². The normalized spacial score (nSPS) is 19.1. The molecule has 0 saturated carbocycles. The molecule has 2 amide bonds. The van der Waals surface area contributed by atoms with Gasteiger partial charge in [-0.25, -0.2) is 9.18 Å². The van der Waals surface area contributed by atoms with E-state index in [0.29, 0.717) is 17.7 Å². The number of ether oxygens (including phenoxy) is 1. The number of likely N-dealkylation sites (tertiary alicyclic amines) is 1. The van der Waals surface area contributed by atoms with Gasteiger partial charge in [-0.05, 0) is 67.9 Å². The van der Waals surface area contributed by atoms with Gasteiger partial charge >= 0.3 is 12.2 Å². The van der Waals surface area contributed by atoms with Gasteiger partial charge in [0.05, 0.1) is 0 Å². The van der Waals surface area contributed by atoms with Gasteiger partial charge in [-0.2, -0.15) is 13.2 Å². The number of nitrogens with zero attached hydrogens (tertiary/aromatic N) is 2. The number of hydrogen-bond donors (Lipinski definition) is 1. The number of carbonyl (C=O) groups excluding carboxylic acids is 1. The van der Waals surface area contributed by atoms with Crippen LogP contribution in [0.1, 0.15) is 29.5 Å². The third kappa shape index (κ3) is 5.76. The average molecular weight is 465 g/mol. The van der Waals surface area contributed by atoms with Crippen molar-refractivity contribution >= 4 is 6.03 Å². The molecule has 178 valence electrons. The molecule has 0 spiro atoms. The zero-order valence-corrected chi connectivity index (χ0v) is 18.4. The third-order valence-electron chi connectivity index (χ3n) is 6.26. The summed E-state index contributed by atoms with van der Waals surface area (Å²) in [5, 5.41) is 2.91. The molecule has 0 aromatic heterocycles. The fourth-order valence-corrected chi connectivity index (χ4v) is 4.33. The maximum absolute atomic E-state index is 13.3. The predicted octanol–water partition coefficient (Wildman–Crippen LogP) is 4.50. The van der Waals surface area contributed by atoms with Crippen LogP contribution in [-0.2, 0) is 19.5 Å². The van der Waals surface area contributed by atoms with Crippen molar-refractivity contribution in [3.63, 3.8) is 0 Å². The van der Waals surface area contributed by atoms with E-state index in [1.807, 2.05) is 7.05 Å². The van der Waals surface area contributed by atoms with Gasteiger partial charge in [-0.15, -0.1) is 0 Å². The Kier molecular flexibility index (Phi) is 6.78. The van der Waals surface area contributed by atoms with Crippen molar-refractivity contribution in [3.8, 4) is 5.75 Å². The van der Waals surface area contributed by atoms with Crippen LogP contribution in [0.15, 0.2) is 42.5 Å². The Bertz CT molecular complexity index is 973. The fourth-order valence-electron chi connectivity index (χ4n) is 4.33. The molecule has 0 radical (unpaired) electrons. The summed E-state index contributed by atoms with van der Waals surface area (Å²) in [5.74, 6) is -0.0981. The average Bonchev–Trinajstić information content (AvgIpc) is 3.22. The zero-order valence-electron chi connectivity index (χ0n) is 18.4. The minimum atomic E-state index is -4.41. The van der Waals surface area contributed by atoms with Gasteiger partial charge < -0.3 is 19.9 Å². The van der Waals surface area contributed by atoms with E-state index in [-0.39, 0.29) is 36.6 Å². The number of urea groups is 1. The first-order valence-corrected chi connectivity index (χ1v) is 11.0. The first-order chi connectivity index (χ1) is 15.7. The highest BCUT2D eigenvalue weighted by Crippen LogP contribution is 2.36. The number of carbonyl (C=O) groups is 1. The minimum absolute atomic E-state index is 0.0483. The Morgan fingerprint density at radius 3 is 2.45 bits per heavy atom. The van der Waals surface area contributed by atoms with Gasteiger partial charge in [0, 0.05) is 25.6 Å². The van der Waals surface area contributed by atoms with Crippen molar-refractivity contribution in [3.05, 3.63) is 65.0 Å². The molecule has 5 nitrogen and oxygen atoms in total. The molecule has 2 aromatic rings. The van der Waals surface area contributed by atoms with Crippen molar-refractivity contribution in [2.24, 2.45) is 0 Å². The lowest BCUT2D eigenvalue weighted by molar-refractivity contribution is -0.189. The number of hydrogen-bond acceptors (Lipinski definition) is 3. The molecule has 2 aliphatic rings. The third-order valence-corrected chi connectivity index (χ3v) is 6.26. The minimum Gasteiger partial charge on any atom is -0.480 e. The highest BCUT2D eigenvalue weighted by molar-refractivity contribution is 5.74. The van der Waals surface area contributed by atoms with Crippen LogP contribution in [-0.4, -0.2) is 54.3 Å². The molecular weight excluding hydrogens is 438 g/mol. The Balaban J connectivity index is 1.42. The number of amides is 2. The van der Waals surface area contributed by atoms with Crippen LogP contribution < -0.4 is 10.1 Å². The summed E-state index contributed by atoms with van der Waals surface area (Å²) in [6, 6.07) is 10.7. The largest absolute Gasteiger partial charge is 0.480 e. The van der Waals surface area contributed by atoms with Crippen LogP contribution in [0.4, 0.5) is 22.4 Å². The van der Waals surface area contributed by atoms with Crippen molar-refractivity contribution in [1.29, 1.82) is 0 Å². The topological polar surface area (TPSA) is 44.8 Å². The van der Waals surface area contributed by atoms with E-state index in [4.69, 9.17) is 4.74 Å². The molecule has 9 heteroatoms. The number of benzene rings is 2. The van der Waals surface area contributed by atoms with Gasteiger partial charge in [-0.1, -0.05) is 24.3 Å². The molecule has 1 saturated heterocycles. The summed E-state index contributed by atoms with van der Waals surface area (Å²) < 4.78 is 57.2. The Morgan fingerprint density at radius 2 is 1.79 bits per heavy atom. The quantitative estimate of drug-likeness (QED) is 0.662. The van der Waals surface area contributed by atoms with Gasteiger partial charge in [0.2, 0.25) is 0 Å². The summed E-state index contributed by atoms with van der Waals surface area (Å²) in [6.07, 6.45) is -4.80. The first kappa shape index (κ1) is 23.4. The summed E-state index contributed by atoms with van der Waals surface area (Å²) in [5.41, 5.74) is 2.03. The second kappa shape index (κ2) is 9.59. The Hall–Kier alpha value is -2.81. The molecule has 0 bridgehead atoms. The molecule has 1 unspecified atom stereocenters. The summed E-state index contributed by atoms with van der Waals surface area (Å²) in [4.78, 5) is 17.1. The second-order valence-corrected chi connectivity index (χ2v) is 8.74. The molecule has 2 aromatic carbocycles. The van der Waals surface area contributed by atoms with Gasteiger partial charge in [0.15, 0.2) is 6.10 Å². The standard InChI is InChI=1S/C24H27F4N3O2/c1-30-10-8-20(9-11-30)31(15-16-2-5-19(25)6-3-16)23(32)29-14-17-4-7-21-18(12-17)13-22(33-21)24(26,27)28/h2-7,12,20,22H,8-11,13-15H2,1H3,(H,29,32). The van der Waals surface area contributed by atoms with Gasteiger partial charge in [-0.3, -0.25) is 0 Å². The number of nitrogens with one attached hydrogen (secondary N) is 1. The molecule has 1 fully saturated rings. The number of alkyl halides is 3. The van der Waals surface area contributed by atoms with E-state index in [1.54, 1.807) is 29.2 Å². The lowest BCUT2D eigenvalue weighted by Crippen LogP contribution is -2.49. The smallest absolute Gasteiger partial charge is 0.425 e. The van der Waals surface area contributed by atoms with Crippen LogP contribution in [0.25, 0.3) is 0 Å². The van der Waals surface area contributed by atoms with Gasteiger partial charge in [0.25, 0.3) is 0 Å². The maximum Gasteiger partial charge on any atom is 0.425 e. The summed E-state index contributed by atoms with van der Waals surface area (Å²) in [6.45, 7) is 2.30. The lowest BCUT2D eigenvalue weighted by atomic mass is 10.0. The Morgan fingerprint density at radius 1 is 1.12 bits per heavy atom. The maximum atomic E-state index is 13.3. The van der Waals surface area contributed by atoms with Crippen LogP contribution in [0.2, 0.25) is 0 Å². The molecule has 2 heterocycles. The number of piperidine rings is 1. The van der Waals surface area contributed by atoms with Gasteiger partial charge in [0.1, 0.15) is 11.6 Å². The first-order valence-electron chi connectivity index (χ1n) is 11.0. The molecule has 4 rings (SSSR count). The van der Waals surface area contributed by atoms with E-state index < -0.39 is 12.3 Å². The SMILES string of the molecule is CN1CCC(N(Cc2ccc(F)cc2)C(=O)NCc2ccc3c(c2)CC(C(F)(F)F)O3)CC1. The fraction of sp³-hybridized carbons (Fsp3) is 0.458. The monoisotopic (exact) mass is 465 g/mol. The van der Waals surface area contributed by atoms with E-state index >= 15 is 0 Å². The highest BCUT2D eigenvalue weighted by Gasteiger charge is 2.45. The van der Waals surface area contributed by atoms with Crippen molar-refractivity contribution in [1.82, 2.24) is 15.1 Å². The molecular formula is C24H27F4N3O2. The van der Waals surface area contributed by atoms with Crippen LogP contribution in [0, 0.1) is 5.82 Å². The number of halogens is 4. The van der Waals surface area contributed by atoms with E-state index in [1.165, 1.54) is 18.2 Å². The van der Waals surface area contributed by atoms with Crippen LogP contribution in [0.5, 0.6) is 5.75 Å². The molecule has 1 atom stereocenters. The second-order valence-electron chi connectivity index (χ2n) is 8.74. The van der Waals surface area contributed by atoms with E-state index in [0.717, 1.165) is 31.5 Å². The Labute approximate surface area is 190 Å². The van der Waals surface area contributed by atoms with E-state index in [9.17, 15) is 22.4 Å². The molecule has 2 aliphatic heterocycles. The predicted molar refractivity (Wildman–Crippen MR) is 115 cm³/mol. The molecule has 0 aliphatic carbocycles. The van der Waals surface area contributed by atoms with Crippen LogP contribution in [0.3, 0.4) is 0 Å². The number of rotatable bonds is 5. The van der Waals surface area contributed by atoms with Crippen LogP contribution >= 0.6 is 0 Å². The molecule has 33 heavy (non-hydrogen) atoms. The van der Waals surface area contributed by atoms with Crippen molar-refractivity contribution in [2.45, 2.75) is 50.7 Å². The molecule has 1 N–H and O–H groups in total. The highest BCUT2D eigenvalue weighted by atomic mass is 19.4. The lowest BCUT2D eigenvalue weighted by Gasteiger charge is -2.37. The van der Waals surface area contributed by atoms with Crippen molar-refractivity contribution in [2.75, 3.05) is 20.1 Å². The summed E-state index contributed by atoms with van der Waals surface area (Å²) in [7, 11) is 2.04. The summed E-state index contributed by atoms with van der Waals surface area (Å²) >= 11 is 0. The number of fused-ring (bicyclic) bond motifs is 1.